The van der Waals surface area contributed by atoms with Crippen LogP contribution in [0.3, 0.4) is 0 Å². The Kier molecular flexibility index (Phi) is 8.97. The van der Waals surface area contributed by atoms with Crippen LogP contribution in [0.5, 0.6) is 0 Å². The zero-order valence-electron chi connectivity index (χ0n) is 19.8. The van der Waals surface area contributed by atoms with Crippen molar-refractivity contribution in [2.75, 3.05) is 11.6 Å². The lowest BCUT2D eigenvalue weighted by atomic mass is 10.0. The monoisotopic (exact) mass is 499 g/mol. The molecule has 1 amide bonds. The molecule has 0 bridgehead atoms. The van der Waals surface area contributed by atoms with Gasteiger partial charge in [0.25, 0.3) is 0 Å². The molecule has 34 heavy (non-hydrogen) atoms. The number of esters is 1. The van der Waals surface area contributed by atoms with E-state index in [0.29, 0.717) is 17.2 Å². The molecular formula is C26H29NO5S2. The number of nitrogens with zero attached hydrogens (tertiary/aromatic N) is 1. The molecule has 2 aromatic rings. The second-order valence-electron chi connectivity index (χ2n) is 8.40. The summed E-state index contributed by atoms with van der Waals surface area (Å²) in [7, 11) is 0. The standard InChI is InChI=1S/C26H29NO5S2/c1-16-10-17(2)21(18(3)11-16)13-32-26(31)22-14-33-15-27(22)25(30)24(34-19(4)28)12-23(29)20-8-6-5-7-9-20/h5-11,22,24H,12-15H2,1-4H3/t22-,24?/m0/s1. The highest BCUT2D eigenvalue weighted by Crippen LogP contribution is 2.28. The SMILES string of the molecule is CC(=O)SC(CC(=O)c1ccccc1)C(=O)N1CSC[C@H]1C(=O)OCc1c(C)cc(C)cc1C. The number of ether oxygens (including phenoxy) is 1. The molecule has 3 rings (SSSR count). The Hall–Kier alpha value is -2.58. The number of benzene rings is 2. The number of hydrogen-bond donors (Lipinski definition) is 0. The van der Waals surface area contributed by atoms with Crippen molar-refractivity contribution in [3.63, 3.8) is 0 Å². The summed E-state index contributed by atoms with van der Waals surface area (Å²) in [5.74, 6) is -0.349. The normalized spacial score (nSPS) is 16.2. The molecule has 8 heteroatoms. The van der Waals surface area contributed by atoms with E-state index in [0.717, 1.165) is 34.0 Å². The van der Waals surface area contributed by atoms with E-state index in [1.807, 2.05) is 32.9 Å². The van der Waals surface area contributed by atoms with Crippen molar-refractivity contribution in [3.05, 3.63) is 70.3 Å². The van der Waals surface area contributed by atoms with Gasteiger partial charge in [0.1, 0.15) is 12.6 Å². The molecule has 1 saturated heterocycles. The molecule has 0 radical (unpaired) electrons. The number of Topliss-reactive ketones (excluding diaryl/α,β-unsaturated/α-hetero) is 1. The van der Waals surface area contributed by atoms with E-state index in [1.54, 1.807) is 30.3 Å². The van der Waals surface area contributed by atoms with Gasteiger partial charge in [-0.1, -0.05) is 59.8 Å². The maximum absolute atomic E-state index is 13.4. The first-order chi connectivity index (χ1) is 16.2. The fraction of sp³-hybridized carbons (Fsp3) is 0.385. The predicted octanol–water partition coefficient (Wildman–Crippen LogP) is 4.48. The summed E-state index contributed by atoms with van der Waals surface area (Å²) in [4.78, 5) is 52.3. The molecule has 1 aliphatic heterocycles. The Morgan fingerprint density at radius 1 is 1.09 bits per heavy atom. The van der Waals surface area contributed by atoms with Crippen molar-refractivity contribution < 1.29 is 23.9 Å². The Morgan fingerprint density at radius 3 is 2.35 bits per heavy atom. The highest BCUT2D eigenvalue weighted by Gasteiger charge is 2.40. The minimum absolute atomic E-state index is 0.113. The van der Waals surface area contributed by atoms with E-state index in [2.05, 4.69) is 0 Å². The van der Waals surface area contributed by atoms with Crippen molar-refractivity contribution >= 4 is 46.3 Å². The van der Waals surface area contributed by atoms with Crippen LogP contribution in [-0.2, 0) is 25.7 Å². The van der Waals surface area contributed by atoms with E-state index in [4.69, 9.17) is 4.74 Å². The fourth-order valence-electron chi connectivity index (χ4n) is 4.01. The molecule has 1 fully saturated rings. The van der Waals surface area contributed by atoms with Crippen molar-refractivity contribution in [3.8, 4) is 0 Å². The van der Waals surface area contributed by atoms with Crippen LogP contribution in [0.2, 0.25) is 0 Å². The number of hydrogen-bond acceptors (Lipinski definition) is 7. The number of thioether (sulfide) groups is 2. The van der Waals surface area contributed by atoms with Gasteiger partial charge in [0.05, 0.1) is 11.1 Å². The quantitative estimate of drug-likeness (QED) is 0.391. The summed E-state index contributed by atoms with van der Waals surface area (Å²) in [6, 6.07) is 12.0. The van der Waals surface area contributed by atoms with Crippen molar-refractivity contribution in [2.24, 2.45) is 0 Å². The first-order valence-corrected chi connectivity index (χ1v) is 13.1. The minimum Gasteiger partial charge on any atom is -0.459 e. The van der Waals surface area contributed by atoms with Crippen LogP contribution < -0.4 is 0 Å². The Bertz CT molecular complexity index is 1060. The highest BCUT2D eigenvalue weighted by atomic mass is 32.2. The minimum atomic E-state index is -0.888. The lowest BCUT2D eigenvalue weighted by Crippen LogP contribution is -2.47. The summed E-state index contributed by atoms with van der Waals surface area (Å²) in [5, 5.41) is -1.14. The van der Waals surface area contributed by atoms with Gasteiger partial charge in [-0.05, 0) is 37.5 Å². The van der Waals surface area contributed by atoms with Crippen LogP contribution in [0.1, 0.15) is 46.0 Å². The number of rotatable bonds is 8. The number of aryl methyl sites for hydroxylation is 3. The molecule has 2 atom stereocenters. The summed E-state index contributed by atoms with van der Waals surface area (Å²) in [5.41, 5.74) is 4.70. The smallest absolute Gasteiger partial charge is 0.330 e. The lowest BCUT2D eigenvalue weighted by molar-refractivity contribution is -0.153. The summed E-state index contributed by atoms with van der Waals surface area (Å²) < 4.78 is 5.62. The number of carbonyl (C=O) groups excluding carboxylic acids is 4. The van der Waals surface area contributed by atoms with Gasteiger partial charge in [0, 0.05) is 24.7 Å². The van der Waals surface area contributed by atoms with Crippen LogP contribution in [0.15, 0.2) is 42.5 Å². The maximum Gasteiger partial charge on any atom is 0.330 e. The van der Waals surface area contributed by atoms with Crippen LogP contribution in [0.25, 0.3) is 0 Å². The van der Waals surface area contributed by atoms with Crippen molar-refractivity contribution in [1.82, 2.24) is 4.90 Å². The molecule has 1 heterocycles. The zero-order chi connectivity index (χ0) is 24.8. The third-order valence-electron chi connectivity index (χ3n) is 5.69. The van der Waals surface area contributed by atoms with Gasteiger partial charge in [0.2, 0.25) is 5.91 Å². The molecule has 1 aliphatic rings. The molecule has 1 unspecified atom stereocenters. The highest BCUT2D eigenvalue weighted by molar-refractivity contribution is 8.14. The average Bonchev–Trinajstić information content (AvgIpc) is 3.27. The molecule has 0 N–H and O–H groups in total. The van der Waals surface area contributed by atoms with Crippen LogP contribution >= 0.6 is 23.5 Å². The fourth-order valence-corrected chi connectivity index (χ4v) is 6.03. The first kappa shape index (κ1) is 26.0. The summed E-state index contributed by atoms with van der Waals surface area (Å²) in [6.45, 7) is 7.50. The average molecular weight is 500 g/mol. The molecule has 0 aliphatic carbocycles. The van der Waals surface area contributed by atoms with Crippen LogP contribution in [-0.4, -0.2) is 50.6 Å². The number of carbonyl (C=O) groups is 4. The van der Waals surface area contributed by atoms with Gasteiger partial charge in [-0.15, -0.1) is 11.8 Å². The molecule has 0 aromatic heterocycles. The van der Waals surface area contributed by atoms with E-state index >= 15 is 0 Å². The topological polar surface area (TPSA) is 80.8 Å². The van der Waals surface area contributed by atoms with Gasteiger partial charge in [-0.3, -0.25) is 14.4 Å². The third-order valence-corrected chi connectivity index (χ3v) is 7.68. The van der Waals surface area contributed by atoms with Gasteiger partial charge >= 0.3 is 5.97 Å². The van der Waals surface area contributed by atoms with Gasteiger partial charge < -0.3 is 9.64 Å². The molecule has 2 aromatic carbocycles. The Labute approximate surface area is 208 Å². The Morgan fingerprint density at radius 2 is 1.74 bits per heavy atom. The van der Waals surface area contributed by atoms with E-state index in [9.17, 15) is 19.2 Å². The van der Waals surface area contributed by atoms with Gasteiger partial charge in [0.15, 0.2) is 10.9 Å². The Balaban J connectivity index is 1.70. The molecule has 0 spiro atoms. The van der Waals surface area contributed by atoms with E-state index in [1.165, 1.54) is 23.6 Å². The van der Waals surface area contributed by atoms with Crippen LogP contribution in [0.4, 0.5) is 0 Å². The molecule has 6 nitrogen and oxygen atoms in total. The van der Waals surface area contributed by atoms with Gasteiger partial charge in [-0.25, -0.2) is 4.79 Å². The first-order valence-electron chi connectivity index (χ1n) is 11.0. The van der Waals surface area contributed by atoms with Crippen LogP contribution in [0, 0.1) is 20.8 Å². The molecule has 0 saturated carbocycles. The summed E-state index contributed by atoms with van der Waals surface area (Å²) in [6.07, 6.45) is -0.113. The molecular weight excluding hydrogens is 470 g/mol. The van der Waals surface area contributed by atoms with E-state index < -0.39 is 17.3 Å². The zero-order valence-corrected chi connectivity index (χ0v) is 21.5. The molecule has 180 valence electrons. The number of amides is 1. The largest absolute Gasteiger partial charge is 0.459 e. The van der Waals surface area contributed by atoms with Gasteiger partial charge in [-0.2, -0.15) is 0 Å². The maximum atomic E-state index is 13.4. The second kappa shape index (κ2) is 11.7. The van der Waals surface area contributed by atoms with Crippen molar-refractivity contribution in [1.29, 1.82) is 0 Å². The third kappa shape index (κ3) is 6.51. The van der Waals surface area contributed by atoms with Crippen molar-refractivity contribution in [2.45, 2.75) is 52.0 Å². The second-order valence-corrected chi connectivity index (χ2v) is 10.8. The summed E-state index contributed by atoms with van der Waals surface area (Å²) >= 11 is 2.29. The lowest BCUT2D eigenvalue weighted by Gasteiger charge is -2.26. The predicted molar refractivity (Wildman–Crippen MR) is 136 cm³/mol. The number of ketones is 1. The van der Waals surface area contributed by atoms with E-state index in [-0.39, 0.29) is 29.8 Å².